The summed E-state index contributed by atoms with van der Waals surface area (Å²) in [5.41, 5.74) is 3.69. The molecule has 2 aromatic heterocycles. The van der Waals surface area contributed by atoms with Gasteiger partial charge in [-0.3, -0.25) is 9.78 Å². The van der Waals surface area contributed by atoms with Crippen molar-refractivity contribution in [2.75, 3.05) is 0 Å². The van der Waals surface area contributed by atoms with Crippen molar-refractivity contribution < 1.29 is 4.79 Å². The van der Waals surface area contributed by atoms with Gasteiger partial charge in [-0.05, 0) is 19.1 Å². The van der Waals surface area contributed by atoms with E-state index in [9.17, 15) is 4.79 Å². The summed E-state index contributed by atoms with van der Waals surface area (Å²) < 4.78 is 0. The smallest absolute Gasteiger partial charge is 0.256 e. The summed E-state index contributed by atoms with van der Waals surface area (Å²) in [6.45, 7) is 3.17. The number of amides is 1. The highest BCUT2D eigenvalue weighted by molar-refractivity contribution is 7.15. The molecule has 1 aliphatic heterocycles. The van der Waals surface area contributed by atoms with E-state index in [2.05, 4.69) is 22.1 Å². The van der Waals surface area contributed by atoms with E-state index >= 15 is 0 Å². The molecule has 4 rings (SSSR count). The second-order valence-electron chi connectivity index (χ2n) is 5.55. The summed E-state index contributed by atoms with van der Waals surface area (Å²) in [5.74, 6) is 0.0576. The van der Waals surface area contributed by atoms with Crippen LogP contribution in [0.4, 0.5) is 0 Å². The van der Waals surface area contributed by atoms with Gasteiger partial charge in [-0.2, -0.15) is 0 Å². The monoisotopic (exact) mass is 321 g/mol. The SMILES string of the molecule is Cc1nc(-c2ccccc2)sc1CN1Cc2ncccc2C1=O. The number of hydrogen-bond donors (Lipinski definition) is 0. The molecular weight excluding hydrogens is 306 g/mol. The van der Waals surface area contributed by atoms with Crippen LogP contribution in [0.15, 0.2) is 48.7 Å². The molecule has 0 saturated carbocycles. The Morgan fingerprint density at radius 3 is 2.78 bits per heavy atom. The maximum atomic E-state index is 12.5. The summed E-state index contributed by atoms with van der Waals surface area (Å²) in [7, 11) is 0. The van der Waals surface area contributed by atoms with Gasteiger partial charge in [0.25, 0.3) is 5.91 Å². The molecular formula is C18H15N3OS. The highest BCUT2D eigenvalue weighted by atomic mass is 32.1. The molecule has 0 atom stereocenters. The molecule has 3 heterocycles. The van der Waals surface area contributed by atoms with E-state index < -0.39 is 0 Å². The van der Waals surface area contributed by atoms with Crippen molar-refractivity contribution in [3.63, 3.8) is 0 Å². The lowest BCUT2D eigenvalue weighted by Gasteiger charge is -2.14. The van der Waals surface area contributed by atoms with Crippen molar-refractivity contribution in [3.05, 3.63) is 70.5 Å². The Bertz CT molecular complexity index is 873. The number of fused-ring (bicyclic) bond motifs is 1. The molecule has 114 valence electrons. The number of pyridine rings is 1. The zero-order valence-corrected chi connectivity index (χ0v) is 13.5. The molecule has 0 aliphatic carbocycles. The Morgan fingerprint density at radius 1 is 1.17 bits per heavy atom. The Labute approximate surface area is 138 Å². The average molecular weight is 321 g/mol. The fraction of sp³-hybridized carbons (Fsp3) is 0.167. The summed E-state index contributed by atoms with van der Waals surface area (Å²) >= 11 is 1.65. The first-order valence-corrected chi connectivity index (χ1v) is 8.29. The van der Waals surface area contributed by atoms with Gasteiger partial charge in [0.15, 0.2) is 0 Å². The van der Waals surface area contributed by atoms with Crippen molar-refractivity contribution in [3.8, 4) is 10.6 Å². The first kappa shape index (κ1) is 14.1. The number of thiazole rings is 1. The lowest BCUT2D eigenvalue weighted by Crippen LogP contribution is -2.23. The highest BCUT2D eigenvalue weighted by Crippen LogP contribution is 2.30. The van der Waals surface area contributed by atoms with Crippen LogP contribution in [-0.4, -0.2) is 20.8 Å². The largest absolute Gasteiger partial charge is 0.327 e. The lowest BCUT2D eigenvalue weighted by molar-refractivity contribution is 0.0767. The van der Waals surface area contributed by atoms with E-state index in [1.807, 2.05) is 42.2 Å². The Hall–Kier alpha value is -2.53. The summed E-state index contributed by atoms with van der Waals surface area (Å²) in [6, 6.07) is 13.8. The van der Waals surface area contributed by atoms with Gasteiger partial charge < -0.3 is 4.90 Å². The normalized spacial score (nSPS) is 13.4. The number of nitrogens with zero attached hydrogens (tertiary/aromatic N) is 3. The van der Waals surface area contributed by atoms with Crippen molar-refractivity contribution in [1.29, 1.82) is 0 Å². The molecule has 3 aromatic rings. The Kier molecular flexibility index (Phi) is 3.42. The average Bonchev–Trinajstić information content (AvgIpc) is 3.10. The second kappa shape index (κ2) is 5.59. The zero-order chi connectivity index (χ0) is 15.8. The molecule has 1 aliphatic rings. The van der Waals surface area contributed by atoms with Gasteiger partial charge in [0.2, 0.25) is 0 Å². The van der Waals surface area contributed by atoms with E-state index in [-0.39, 0.29) is 5.91 Å². The van der Waals surface area contributed by atoms with Crippen LogP contribution in [0.2, 0.25) is 0 Å². The number of aryl methyl sites for hydroxylation is 1. The van der Waals surface area contributed by atoms with Gasteiger partial charge >= 0.3 is 0 Å². The number of carbonyl (C=O) groups excluding carboxylic acids is 1. The molecule has 0 N–H and O–H groups in total. The van der Waals surface area contributed by atoms with E-state index in [0.29, 0.717) is 13.1 Å². The molecule has 5 heteroatoms. The first-order valence-electron chi connectivity index (χ1n) is 7.47. The molecule has 1 amide bonds. The molecule has 0 saturated heterocycles. The molecule has 0 bridgehead atoms. The third-order valence-corrected chi connectivity index (χ3v) is 5.19. The van der Waals surface area contributed by atoms with Crippen LogP contribution in [0, 0.1) is 6.92 Å². The van der Waals surface area contributed by atoms with E-state index in [4.69, 9.17) is 0 Å². The van der Waals surface area contributed by atoms with Gasteiger partial charge in [-0.1, -0.05) is 30.3 Å². The van der Waals surface area contributed by atoms with Gasteiger partial charge in [0.05, 0.1) is 30.0 Å². The summed E-state index contributed by atoms with van der Waals surface area (Å²) in [5, 5.41) is 1.00. The van der Waals surface area contributed by atoms with Gasteiger partial charge in [0.1, 0.15) is 5.01 Å². The van der Waals surface area contributed by atoms with Crippen molar-refractivity contribution in [1.82, 2.24) is 14.9 Å². The van der Waals surface area contributed by atoms with E-state index in [1.54, 1.807) is 17.5 Å². The molecule has 0 spiro atoms. The van der Waals surface area contributed by atoms with Crippen molar-refractivity contribution >= 4 is 17.2 Å². The van der Waals surface area contributed by atoms with Crippen LogP contribution in [0.25, 0.3) is 10.6 Å². The first-order chi connectivity index (χ1) is 11.2. The number of rotatable bonds is 3. The fourth-order valence-corrected chi connectivity index (χ4v) is 3.85. The lowest BCUT2D eigenvalue weighted by atomic mass is 10.2. The standard InChI is InChI=1S/C18H15N3OS/c1-12-16(23-17(20-12)13-6-3-2-4-7-13)11-21-10-15-14(18(21)22)8-5-9-19-15/h2-9H,10-11H2,1H3. The van der Waals surface area contributed by atoms with E-state index in [1.165, 1.54) is 0 Å². The maximum Gasteiger partial charge on any atom is 0.256 e. The number of aromatic nitrogens is 2. The summed E-state index contributed by atoms with van der Waals surface area (Å²) in [4.78, 5) is 24.4. The van der Waals surface area contributed by atoms with Crippen LogP contribution in [-0.2, 0) is 13.1 Å². The second-order valence-corrected chi connectivity index (χ2v) is 6.64. The minimum atomic E-state index is 0.0576. The maximum absolute atomic E-state index is 12.5. The predicted octanol–water partition coefficient (Wildman–Crippen LogP) is 3.67. The number of benzene rings is 1. The Morgan fingerprint density at radius 2 is 2.00 bits per heavy atom. The van der Waals surface area contributed by atoms with Crippen LogP contribution in [0.5, 0.6) is 0 Å². The third kappa shape index (κ3) is 2.53. The minimum Gasteiger partial charge on any atom is -0.327 e. The molecule has 4 nitrogen and oxygen atoms in total. The van der Waals surface area contributed by atoms with Crippen LogP contribution in [0.3, 0.4) is 0 Å². The molecule has 23 heavy (non-hydrogen) atoms. The van der Waals surface area contributed by atoms with Gasteiger partial charge in [-0.25, -0.2) is 4.98 Å². The third-order valence-electron chi connectivity index (χ3n) is 4.00. The van der Waals surface area contributed by atoms with Gasteiger partial charge in [0, 0.05) is 16.6 Å². The Balaban J connectivity index is 1.59. The topological polar surface area (TPSA) is 46.1 Å². The van der Waals surface area contributed by atoms with E-state index in [0.717, 1.165) is 32.4 Å². The minimum absolute atomic E-state index is 0.0576. The predicted molar refractivity (Wildman–Crippen MR) is 90.1 cm³/mol. The van der Waals surface area contributed by atoms with Gasteiger partial charge in [-0.15, -0.1) is 11.3 Å². The summed E-state index contributed by atoms with van der Waals surface area (Å²) in [6.07, 6.45) is 1.74. The molecule has 0 fully saturated rings. The van der Waals surface area contributed by atoms with Crippen molar-refractivity contribution in [2.45, 2.75) is 20.0 Å². The van der Waals surface area contributed by atoms with Crippen LogP contribution in [0.1, 0.15) is 26.6 Å². The zero-order valence-electron chi connectivity index (χ0n) is 12.7. The van der Waals surface area contributed by atoms with Crippen molar-refractivity contribution in [2.24, 2.45) is 0 Å². The number of hydrogen-bond acceptors (Lipinski definition) is 4. The fourth-order valence-electron chi connectivity index (χ4n) is 2.76. The number of carbonyl (C=O) groups is 1. The highest BCUT2D eigenvalue weighted by Gasteiger charge is 2.29. The quantitative estimate of drug-likeness (QED) is 0.739. The molecule has 0 unspecified atom stereocenters. The molecule has 1 aromatic carbocycles. The molecule has 0 radical (unpaired) electrons. The van der Waals surface area contributed by atoms with Crippen LogP contribution >= 0.6 is 11.3 Å². The van der Waals surface area contributed by atoms with Crippen LogP contribution < -0.4 is 0 Å².